The van der Waals surface area contributed by atoms with Gasteiger partial charge < -0.3 is 16.0 Å². The highest BCUT2D eigenvalue weighted by atomic mass is 35.5. The Kier molecular flexibility index (Phi) is 5.34. The van der Waals surface area contributed by atoms with Gasteiger partial charge in [0.15, 0.2) is 0 Å². The summed E-state index contributed by atoms with van der Waals surface area (Å²) >= 11 is 6.05. The van der Waals surface area contributed by atoms with E-state index in [1.54, 1.807) is 12.3 Å². The second-order valence-corrected chi connectivity index (χ2v) is 6.17. The van der Waals surface area contributed by atoms with Gasteiger partial charge in [-0.3, -0.25) is 4.79 Å². The molecule has 7 heteroatoms. The first-order valence-electron chi connectivity index (χ1n) is 8.00. The molecule has 0 aliphatic heterocycles. The molecule has 132 valence electrons. The number of benzene rings is 2. The minimum absolute atomic E-state index is 0.103. The van der Waals surface area contributed by atoms with Crippen LogP contribution in [0.1, 0.15) is 12.5 Å². The molecule has 3 aromatic rings. The number of aromatic nitrogens is 2. The maximum atomic E-state index is 11.1. The highest BCUT2D eigenvalue weighted by Gasteiger charge is 2.04. The number of rotatable bonds is 5. The van der Waals surface area contributed by atoms with E-state index >= 15 is 0 Å². The molecule has 0 fully saturated rings. The molecule has 0 aliphatic carbocycles. The minimum atomic E-state index is -0.103. The predicted molar refractivity (Wildman–Crippen MR) is 106 cm³/mol. The van der Waals surface area contributed by atoms with Gasteiger partial charge >= 0.3 is 0 Å². The summed E-state index contributed by atoms with van der Waals surface area (Å²) in [5.41, 5.74) is 3.49. The van der Waals surface area contributed by atoms with Crippen molar-refractivity contribution in [3.63, 3.8) is 0 Å². The summed E-state index contributed by atoms with van der Waals surface area (Å²) < 4.78 is 0. The van der Waals surface area contributed by atoms with Crippen LogP contribution in [0.4, 0.5) is 28.8 Å². The summed E-state index contributed by atoms with van der Waals surface area (Å²) in [4.78, 5) is 19.8. The number of anilines is 5. The largest absolute Gasteiger partial charge is 0.340 e. The summed E-state index contributed by atoms with van der Waals surface area (Å²) in [6.07, 6.45) is 1.67. The maximum absolute atomic E-state index is 11.1. The lowest BCUT2D eigenvalue weighted by Gasteiger charge is -2.11. The molecule has 0 unspecified atom stereocenters. The quantitative estimate of drug-likeness (QED) is 0.598. The van der Waals surface area contributed by atoms with Crippen molar-refractivity contribution < 1.29 is 4.79 Å². The Labute approximate surface area is 156 Å². The molecule has 0 atom stereocenters. The van der Waals surface area contributed by atoms with E-state index in [4.69, 9.17) is 11.6 Å². The molecule has 26 heavy (non-hydrogen) atoms. The van der Waals surface area contributed by atoms with Gasteiger partial charge in [0.2, 0.25) is 11.9 Å². The number of hydrogen-bond acceptors (Lipinski definition) is 5. The second kappa shape index (κ2) is 7.84. The topological polar surface area (TPSA) is 78.9 Å². The Hall–Kier alpha value is -3.12. The van der Waals surface area contributed by atoms with E-state index < -0.39 is 0 Å². The van der Waals surface area contributed by atoms with Crippen molar-refractivity contribution in [3.8, 4) is 0 Å². The average Bonchev–Trinajstić information content (AvgIpc) is 2.60. The molecule has 0 aliphatic rings. The van der Waals surface area contributed by atoms with Crippen LogP contribution in [0.25, 0.3) is 0 Å². The van der Waals surface area contributed by atoms with E-state index in [1.165, 1.54) is 6.92 Å². The number of hydrogen-bond donors (Lipinski definition) is 3. The first-order valence-corrected chi connectivity index (χ1v) is 8.38. The van der Waals surface area contributed by atoms with Crippen LogP contribution in [-0.4, -0.2) is 15.9 Å². The van der Waals surface area contributed by atoms with E-state index in [0.29, 0.717) is 16.8 Å². The number of aryl methyl sites for hydroxylation is 1. The van der Waals surface area contributed by atoms with E-state index in [1.807, 2.05) is 49.4 Å². The summed E-state index contributed by atoms with van der Waals surface area (Å²) in [7, 11) is 0. The zero-order chi connectivity index (χ0) is 18.5. The van der Waals surface area contributed by atoms with Gasteiger partial charge in [-0.1, -0.05) is 17.7 Å². The molecular formula is C19H18ClN5O. The summed E-state index contributed by atoms with van der Waals surface area (Å²) in [5, 5.41) is 9.76. The van der Waals surface area contributed by atoms with Crippen LogP contribution < -0.4 is 16.0 Å². The summed E-state index contributed by atoms with van der Waals surface area (Å²) in [6, 6.07) is 14.7. The number of halogens is 1. The molecule has 1 aromatic heterocycles. The van der Waals surface area contributed by atoms with Crippen LogP contribution in [0.5, 0.6) is 0 Å². The maximum Gasteiger partial charge on any atom is 0.229 e. The molecule has 1 amide bonds. The third-order valence-corrected chi connectivity index (χ3v) is 3.81. The molecule has 1 heterocycles. The molecule has 0 bridgehead atoms. The van der Waals surface area contributed by atoms with Crippen LogP contribution in [0.3, 0.4) is 0 Å². The van der Waals surface area contributed by atoms with Crippen molar-refractivity contribution in [2.24, 2.45) is 0 Å². The SMILES string of the molecule is CC(=O)Nc1ccc(Nc2ccnc(Nc3cc(Cl)ccc3C)n2)cc1. The fourth-order valence-corrected chi connectivity index (χ4v) is 2.50. The van der Waals surface area contributed by atoms with E-state index in [9.17, 15) is 4.79 Å². The highest BCUT2D eigenvalue weighted by Crippen LogP contribution is 2.24. The molecular weight excluding hydrogens is 350 g/mol. The van der Waals surface area contributed by atoms with Gasteiger partial charge in [0.25, 0.3) is 0 Å². The van der Waals surface area contributed by atoms with Crippen LogP contribution >= 0.6 is 11.6 Å². The number of nitrogens with one attached hydrogen (secondary N) is 3. The standard InChI is InChI=1S/C19H18ClN5O/c1-12-3-4-14(20)11-17(12)24-19-21-10-9-18(25-19)23-16-7-5-15(6-8-16)22-13(2)26/h3-11H,1-2H3,(H,22,26)(H2,21,23,24,25). The Morgan fingerprint density at radius 1 is 1.00 bits per heavy atom. The van der Waals surface area contributed by atoms with Gasteiger partial charge in [-0.25, -0.2) is 4.98 Å². The average molecular weight is 368 g/mol. The number of amides is 1. The fraction of sp³-hybridized carbons (Fsp3) is 0.105. The molecule has 0 saturated carbocycles. The highest BCUT2D eigenvalue weighted by molar-refractivity contribution is 6.30. The number of carbonyl (C=O) groups excluding carboxylic acids is 1. The number of carbonyl (C=O) groups is 1. The first-order chi connectivity index (χ1) is 12.5. The molecule has 3 N–H and O–H groups in total. The van der Waals surface area contributed by atoms with Gasteiger partial charge in [0.05, 0.1) is 0 Å². The van der Waals surface area contributed by atoms with Crippen molar-refractivity contribution >= 4 is 46.3 Å². The van der Waals surface area contributed by atoms with Crippen LogP contribution in [0.15, 0.2) is 54.7 Å². The summed E-state index contributed by atoms with van der Waals surface area (Å²) in [5.74, 6) is 1.01. The van der Waals surface area contributed by atoms with E-state index in [-0.39, 0.29) is 5.91 Å². The normalized spacial score (nSPS) is 10.3. The zero-order valence-corrected chi connectivity index (χ0v) is 15.1. The van der Waals surface area contributed by atoms with Crippen LogP contribution in [0.2, 0.25) is 5.02 Å². The molecule has 0 radical (unpaired) electrons. The van der Waals surface area contributed by atoms with Crippen LogP contribution in [-0.2, 0) is 4.79 Å². The lowest BCUT2D eigenvalue weighted by Crippen LogP contribution is -2.05. The molecule has 0 saturated heterocycles. The first kappa shape index (κ1) is 17.7. The van der Waals surface area contributed by atoms with Crippen molar-refractivity contribution in [2.75, 3.05) is 16.0 Å². The monoisotopic (exact) mass is 367 g/mol. The third kappa shape index (κ3) is 4.70. The van der Waals surface area contributed by atoms with E-state index in [0.717, 1.165) is 22.6 Å². The molecule has 6 nitrogen and oxygen atoms in total. The fourth-order valence-electron chi connectivity index (χ4n) is 2.33. The smallest absolute Gasteiger partial charge is 0.229 e. The lowest BCUT2D eigenvalue weighted by atomic mass is 10.2. The molecule has 2 aromatic carbocycles. The Bertz CT molecular complexity index is 927. The van der Waals surface area contributed by atoms with Crippen LogP contribution in [0, 0.1) is 6.92 Å². The Morgan fingerprint density at radius 2 is 1.73 bits per heavy atom. The summed E-state index contributed by atoms with van der Waals surface area (Å²) in [6.45, 7) is 3.46. The second-order valence-electron chi connectivity index (χ2n) is 5.73. The van der Waals surface area contributed by atoms with Crippen molar-refractivity contribution in [3.05, 3.63) is 65.3 Å². The molecule has 0 spiro atoms. The number of nitrogens with zero attached hydrogens (tertiary/aromatic N) is 2. The van der Waals surface area contributed by atoms with Crippen molar-refractivity contribution in [1.82, 2.24) is 9.97 Å². The van der Waals surface area contributed by atoms with Gasteiger partial charge in [0, 0.05) is 35.2 Å². The zero-order valence-electron chi connectivity index (χ0n) is 14.4. The van der Waals surface area contributed by atoms with Crippen molar-refractivity contribution in [1.29, 1.82) is 0 Å². The van der Waals surface area contributed by atoms with Gasteiger partial charge in [0.1, 0.15) is 5.82 Å². The van der Waals surface area contributed by atoms with Gasteiger partial charge in [-0.15, -0.1) is 0 Å². The predicted octanol–water partition coefficient (Wildman–Crippen LogP) is 4.88. The Balaban J connectivity index is 1.73. The van der Waals surface area contributed by atoms with Crippen molar-refractivity contribution in [2.45, 2.75) is 13.8 Å². The van der Waals surface area contributed by atoms with E-state index in [2.05, 4.69) is 25.9 Å². The minimum Gasteiger partial charge on any atom is -0.340 e. The van der Waals surface area contributed by atoms with Gasteiger partial charge in [-0.05, 0) is 55.0 Å². The van der Waals surface area contributed by atoms with Gasteiger partial charge in [-0.2, -0.15) is 4.98 Å². The Morgan fingerprint density at radius 3 is 2.46 bits per heavy atom. The lowest BCUT2D eigenvalue weighted by molar-refractivity contribution is -0.114. The third-order valence-electron chi connectivity index (χ3n) is 3.58. The molecule has 3 rings (SSSR count).